The molecule has 1 saturated heterocycles. The second-order valence-electron chi connectivity index (χ2n) is 7.75. The summed E-state index contributed by atoms with van der Waals surface area (Å²) in [7, 11) is 0. The average Bonchev–Trinajstić information content (AvgIpc) is 2.98. The number of amides is 2. The van der Waals surface area contributed by atoms with Crippen molar-refractivity contribution in [1.29, 1.82) is 0 Å². The van der Waals surface area contributed by atoms with E-state index in [2.05, 4.69) is 32.2 Å². The molecule has 3 N–H and O–H groups in total. The standard InChI is InChI=1S/C21H29N3O3/c1-13(2)19(20-14(3)16-6-4-5-7-17(16)27-20)23-12-18(25)24-10-8-15(9-11-24)21(22)26/h4-7,13,15,19,23H,8-12H2,1-3H3,(H2,22,26). The first-order valence-electron chi connectivity index (χ1n) is 9.67. The Bertz CT molecular complexity index is 819. The first kappa shape index (κ1) is 19.4. The van der Waals surface area contributed by atoms with Gasteiger partial charge in [0.2, 0.25) is 11.8 Å². The molecular weight excluding hydrogens is 342 g/mol. The Morgan fingerprint density at radius 2 is 1.93 bits per heavy atom. The lowest BCUT2D eigenvalue weighted by atomic mass is 9.96. The minimum absolute atomic E-state index is 0.0375. The molecule has 2 amide bonds. The van der Waals surface area contributed by atoms with Crippen LogP contribution in [-0.4, -0.2) is 36.3 Å². The molecule has 0 bridgehead atoms. The number of piperidine rings is 1. The van der Waals surface area contributed by atoms with E-state index >= 15 is 0 Å². The number of carbonyl (C=O) groups is 2. The fourth-order valence-corrected chi connectivity index (χ4v) is 3.84. The highest BCUT2D eigenvalue weighted by atomic mass is 16.3. The van der Waals surface area contributed by atoms with E-state index in [1.54, 1.807) is 0 Å². The Balaban J connectivity index is 1.66. The van der Waals surface area contributed by atoms with Crippen molar-refractivity contribution in [2.75, 3.05) is 19.6 Å². The highest BCUT2D eigenvalue weighted by Crippen LogP contribution is 2.32. The molecule has 27 heavy (non-hydrogen) atoms. The number of furan rings is 1. The first-order valence-corrected chi connectivity index (χ1v) is 9.67. The van der Waals surface area contributed by atoms with E-state index in [1.165, 1.54) is 0 Å². The summed E-state index contributed by atoms with van der Waals surface area (Å²) in [6.07, 6.45) is 1.30. The molecule has 1 aliphatic heterocycles. The van der Waals surface area contributed by atoms with E-state index in [0.717, 1.165) is 22.3 Å². The Morgan fingerprint density at radius 3 is 2.52 bits per heavy atom. The number of nitrogens with two attached hydrogens (primary N) is 1. The van der Waals surface area contributed by atoms with Gasteiger partial charge < -0.3 is 15.1 Å². The second kappa shape index (κ2) is 8.13. The van der Waals surface area contributed by atoms with Crippen molar-refractivity contribution >= 4 is 22.8 Å². The normalized spacial score (nSPS) is 16.8. The predicted molar refractivity (Wildman–Crippen MR) is 105 cm³/mol. The average molecular weight is 371 g/mol. The molecule has 2 heterocycles. The lowest BCUT2D eigenvalue weighted by molar-refractivity contribution is -0.134. The van der Waals surface area contributed by atoms with Crippen LogP contribution in [0.3, 0.4) is 0 Å². The number of para-hydroxylation sites is 1. The SMILES string of the molecule is Cc1c(C(NCC(=O)N2CCC(C(N)=O)CC2)C(C)C)oc2ccccc12. The van der Waals surface area contributed by atoms with Crippen molar-refractivity contribution in [2.45, 2.75) is 39.7 Å². The van der Waals surface area contributed by atoms with Crippen molar-refractivity contribution in [2.24, 2.45) is 17.6 Å². The highest BCUT2D eigenvalue weighted by molar-refractivity contribution is 5.82. The maximum absolute atomic E-state index is 12.6. The van der Waals surface area contributed by atoms with Gasteiger partial charge in [-0.25, -0.2) is 0 Å². The monoisotopic (exact) mass is 371 g/mol. The van der Waals surface area contributed by atoms with Crippen molar-refractivity contribution in [3.63, 3.8) is 0 Å². The molecule has 3 rings (SSSR count). The number of aryl methyl sites for hydroxylation is 1. The predicted octanol–water partition coefficient (Wildman–Crippen LogP) is 2.75. The molecule has 0 spiro atoms. The van der Waals surface area contributed by atoms with Crippen LogP contribution >= 0.6 is 0 Å². The first-order chi connectivity index (χ1) is 12.9. The third-order valence-electron chi connectivity index (χ3n) is 5.55. The summed E-state index contributed by atoms with van der Waals surface area (Å²) < 4.78 is 6.10. The lowest BCUT2D eigenvalue weighted by Gasteiger charge is -2.31. The van der Waals surface area contributed by atoms with Crippen LogP contribution in [0.4, 0.5) is 0 Å². The molecule has 0 radical (unpaired) electrons. The summed E-state index contributed by atoms with van der Waals surface area (Å²) in [5, 5.41) is 4.50. The summed E-state index contributed by atoms with van der Waals surface area (Å²) in [6.45, 7) is 7.73. The maximum Gasteiger partial charge on any atom is 0.236 e. The van der Waals surface area contributed by atoms with E-state index in [0.29, 0.717) is 25.9 Å². The fourth-order valence-electron chi connectivity index (χ4n) is 3.84. The summed E-state index contributed by atoms with van der Waals surface area (Å²) >= 11 is 0. The molecule has 1 aromatic carbocycles. The molecule has 0 saturated carbocycles. The molecule has 1 unspecified atom stereocenters. The number of nitrogens with one attached hydrogen (secondary N) is 1. The number of fused-ring (bicyclic) bond motifs is 1. The molecule has 0 aliphatic carbocycles. The molecule has 146 valence electrons. The zero-order valence-corrected chi connectivity index (χ0v) is 16.3. The van der Waals surface area contributed by atoms with Crippen LogP contribution in [0.5, 0.6) is 0 Å². The highest BCUT2D eigenvalue weighted by Gasteiger charge is 2.28. The Labute approximate surface area is 160 Å². The number of likely N-dealkylation sites (tertiary alicyclic amines) is 1. The zero-order valence-electron chi connectivity index (χ0n) is 16.3. The van der Waals surface area contributed by atoms with Crippen molar-refractivity contribution in [3.05, 3.63) is 35.6 Å². The van der Waals surface area contributed by atoms with Gasteiger partial charge in [0.1, 0.15) is 11.3 Å². The Kier molecular flexibility index (Phi) is 5.85. The Hall–Kier alpha value is -2.34. The van der Waals surface area contributed by atoms with Gasteiger partial charge in [-0.2, -0.15) is 0 Å². The lowest BCUT2D eigenvalue weighted by Crippen LogP contribution is -2.45. The van der Waals surface area contributed by atoms with Crippen LogP contribution in [0.1, 0.15) is 44.1 Å². The summed E-state index contributed by atoms with van der Waals surface area (Å²) in [6, 6.07) is 7.96. The molecule has 6 heteroatoms. The van der Waals surface area contributed by atoms with Crippen molar-refractivity contribution in [1.82, 2.24) is 10.2 Å². The van der Waals surface area contributed by atoms with Crippen LogP contribution in [0.2, 0.25) is 0 Å². The van der Waals surface area contributed by atoms with Gasteiger partial charge in [-0.05, 0) is 37.3 Å². The molecule has 1 fully saturated rings. The number of primary amides is 1. The number of benzene rings is 1. The van der Waals surface area contributed by atoms with E-state index in [-0.39, 0.29) is 36.2 Å². The van der Waals surface area contributed by atoms with Crippen LogP contribution in [0.25, 0.3) is 11.0 Å². The molecular formula is C21H29N3O3. The number of hydrogen-bond donors (Lipinski definition) is 2. The zero-order chi connectivity index (χ0) is 19.6. The van der Waals surface area contributed by atoms with Gasteiger partial charge in [0, 0.05) is 24.4 Å². The van der Waals surface area contributed by atoms with Crippen LogP contribution in [-0.2, 0) is 9.59 Å². The quantitative estimate of drug-likeness (QED) is 0.817. The minimum atomic E-state index is -0.263. The van der Waals surface area contributed by atoms with Gasteiger partial charge in [-0.15, -0.1) is 0 Å². The molecule has 1 aromatic heterocycles. The molecule has 6 nitrogen and oxygen atoms in total. The Morgan fingerprint density at radius 1 is 1.26 bits per heavy atom. The van der Waals surface area contributed by atoms with Gasteiger partial charge in [-0.3, -0.25) is 14.9 Å². The number of rotatable bonds is 6. The topological polar surface area (TPSA) is 88.6 Å². The fraction of sp³-hybridized carbons (Fsp3) is 0.524. The van der Waals surface area contributed by atoms with Gasteiger partial charge >= 0.3 is 0 Å². The summed E-state index contributed by atoms with van der Waals surface area (Å²) in [5.41, 5.74) is 7.36. The summed E-state index contributed by atoms with van der Waals surface area (Å²) in [4.78, 5) is 25.7. The number of hydrogen-bond acceptors (Lipinski definition) is 4. The third-order valence-corrected chi connectivity index (χ3v) is 5.55. The largest absolute Gasteiger partial charge is 0.459 e. The summed E-state index contributed by atoms with van der Waals surface area (Å²) in [5.74, 6) is 0.852. The number of nitrogens with zero attached hydrogens (tertiary/aromatic N) is 1. The maximum atomic E-state index is 12.6. The van der Waals surface area contributed by atoms with E-state index in [9.17, 15) is 9.59 Å². The molecule has 1 atom stereocenters. The van der Waals surface area contributed by atoms with Gasteiger partial charge in [-0.1, -0.05) is 32.0 Å². The van der Waals surface area contributed by atoms with Crippen LogP contribution in [0, 0.1) is 18.8 Å². The van der Waals surface area contributed by atoms with Gasteiger partial charge in [0.25, 0.3) is 0 Å². The van der Waals surface area contributed by atoms with Crippen LogP contribution < -0.4 is 11.1 Å². The second-order valence-corrected chi connectivity index (χ2v) is 7.75. The smallest absolute Gasteiger partial charge is 0.236 e. The van der Waals surface area contributed by atoms with Gasteiger partial charge in [0.15, 0.2) is 0 Å². The van der Waals surface area contributed by atoms with E-state index in [1.807, 2.05) is 23.1 Å². The number of carbonyl (C=O) groups excluding carboxylic acids is 2. The van der Waals surface area contributed by atoms with Crippen molar-refractivity contribution in [3.8, 4) is 0 Å². The van der Waals surface area contributed by atoms with E-state index in [4.69, 9.17) is 10.2 Å². The van der Waals surface area contributed by atoms with E-state index < -0.39 is 0 Å². The third kappa shape index (κ3) is 4.16. The van der Waals surface area contributed by atoms with Gasteiger partial charge in [0.05, 0.1) is 12.6 Å². The van der Waals surface area contributed by atoms with Crippen LogP contribution in [0.15, 0.2) is 28.7 Å². The minimum Gasteiger partial charge on any atom is -0.459 e. The van der Waals surface area contributed by atoms with Crippen molar-refractivity contribution < 1.29 is 14.0 Å². The molecule has 2 aromatic rings. The molecule has 1 aliphatic rings.